The molecule has 0 aliphatic carbocycles. The minimum atomic E-state index is -0.107. The van der Waals surface area contributed by atoms with Gasteiger partial charge in [0.15, 0.2) is 0 Å². The molecule has 0 saturated carbocycles. The third-order valence-electron chi connectivity index (χ3n) is 9.08. The molecule has 0 aromatic heterocycles. The van der Waals surface area contributed by atoms with E-state index in [0.717, 1.165) is 54.9 Å². The quantitative estimate of drug-likeness (QED) is 0.167. The molecule has 0 aliphatic rings. The zero-order valence-corrected chi connectivity index (χ0v) is 26.4. The minimum absolute atomic E-state index is 0.107. The van der Waals surface area contributed by atoms with Crippen LogP contribution in [0.3, 0.4) is 0 Å². The molecule has 8 rings (SSSR count). The number of fused-ring (bicyclic) bond motifs is 4. The van der Waals surface area contributed by atoms with Crippen LogP contribution in [0.1, 0.15) is 0 Å². The maximum absolute atomic E-state index is 9.78. The second-order valence-corrected chi connectivity index (χ2v) is 12.0. The molecule has 0 bridgehead atoms. The maximum Gasteiger partial charge on any atom is 0.128 e. The molecule has 4 heteroatoms. The van der Waals surface area contributed by atoms with Crippen LogP contribution < -0.4 is 9.47 Å². The van der Waals surface area contributed by atoms with E-state index in [1.807, 2.05) is 12.1 Å². The summed E-state index contributed by atoms with van der Waals surface area (Å²) in [5, 5.41) is 28.5. The summed E-state index contributed by atoms with van der Waals surface area (Å²) >= 11 is 0. The first-order valence-electron chi connectivity index (χ1n) is 16.3. The minimum Gasteiger partial charge on any atom is -0.491 e. The fourth-order valence-electron chi connectivity index (χ4n) is 6.76. The maximum atomic E-state index is 9.78. The van der Waals surface area contributed by atoms with Crippen LogP contribution in [-0.4, -0.2) is 36.6 Å². The monoisotopic (exact) mass is 626 g/mol. The molecule has 0 fully saturated rings. The van der Waals surface area contributed by atoms with E-state index in [2.05, 4.69) is 133 Å². The summed E-state index contributed by atoms with van der Waals surface area (Å²) in [6.07, 6.45) is 0. The van der Waals surface area contributed by atoms with Crippen molar-refractivity contribution in [1.82, 2.24) is 0 Å². The molecule has 0 spiro atoms. The smallest absolute Gasteiger partial charge is 0.128 e. The predicted molar refractivity (Wildman–Crippen MR) is 198 cm³/mol. The highest BCUT2D eigenvalue weighted by molar-refractivity contribution is 6.11. The van der Waals surface area contributed by atoms with Crippen molar-refractivity contribution in [3.8, 4) is 44.9 Å². The van der Waals surface area contributed by atoms with E-state index < -0.39 is 0 Å². The zero-order valence-electron chi connectivity index (χ0n) is 26.4. The zero-order chi connectivity index (χ0) is 32.5. The van der Waals surface area contributed by atoms with E-state index in [-0.39, 0.29) is 26.4 Å². The average molecular weight is 627 g/mol. The van der Waals surface area contributed by atoms with Crippen molar-refractivity contribution in [2.45, 2.75) is 0 Å². The molecular formula is C44H34O4. The summed E-state index contributed by atoms with van der Waals surface area (Å²) in [7, 11) is 0. The number of aliphatic hydroxyl groups excluding tert-OH is 2. The summed E-state index contributed by atoms with van der Waals surface area (Å²) < 4.78 is 12.5. The Labute approximate surface area is 279 Å². The molecule has 8 aromatic rings. The molecule has 8 aromatic carbocycles. The Morgan fingerprint density at radius 2 is 0.708 bits per heavy atom. The SMILES string of the molecule is OCCOc1ccc2ccc(-c3ccc4ccccc4c3)cc2c1-c1c(OCCO)ccc2ccc(-c3ccc4ccccc4c3)cc12. The van der Waals surface area contributed by atoms with Crippen LogP contribution in [0.4, 0.5) is 0 Å². The lowest BCUT2D eigenvalue weighted by Gasteiger charge is -2.20. The molecule has 0 aliphatic heterocycles. The molecule has 48 heavy (non-hydrogen) atoms. The summed E-state index contributed by atoms with van der Waals surface area (Å²) in [6, 6.07) is 51.1. The first-order chi connectivity index (χ1) is 23.7. The fourth-order valence-corrected chi connectivity index (χ4v) is 6.76. The van der Waals surface area contributed by atoms with Crippen molar-refractivity contribution in [2.24, 2.45) is 0 Å². The van der Waals surface area contributed by atoms with Crippen LogP contribution in [0.15, 0.2) is 146 Å². The Balaban J connectivity index is 1.39. The number of benzene rings is 8. The number of ether oxygens (including phenoxy) is 2. The van der Waals surface area contributed by atoms with Gasteiger partial charge in [-0.25, -0.2) is 0 Å². The lowest BCUT2D eigenvalue weighted by atomic mass is 9.89. The van der Waals surface area contributed by atoms with Crippen molar-refractivity contribution in [3.05, 3.63) is 146 Å². The van der Waals surface area contributed by atoms with E-state index in [0.29, 0.717) is 11.5 Å². The van der Waals surface area contributed by atoms with Crippen molar-refractivity contribution >= 4 is 43.1 Å². The number of aliphatic hydroxyl groups is 2. The highest BCUT2D eigenvalue weighted by Gasteiger charge is 2.20. The Morgan fingerprint density at radius 3 is 1.12 bits per heavy atom. The first kappa shape index (κ1) is 29.7. The molecule has 0 heterocycles. The third-order valence-corrected chi connectivity index (χ3v) is 9.08. The van der Waals surface area contributed by atoms with E-state index in [1.54, 1.807) is 0 Å². The Hall–Kier alpha value is -5.68. The molecule has 0 unspecified atom stereocenters. The van der Waals surface area contributed by atoms with Crippen molar-refractivity contribution in [1.29, 1.82) is 0 Å². The van der Waals surface area contributed by atoms with Gasteiger partial charge >= 0.3 is 0 Å². The Kier molecular flexibility index (Phi) is 7.95. The third kappa shape index (κ3) is 5.51. The summed E-state index contributed by atoms with van der Waals surface area (Å²) in [5.41, 5.74) is 6.19. The van der Waals surface area contributed by atoms with Gasteiger partial charge in [-0.2, -0.15) is 0 Å². The standard InChI is InChI=1S/C44H34O4/c45-21-23-47-41-19-17-31-11-15-37(35-13-9-29-5-1-3-7-33(29)25-35)27-39(31)43(41)44-40-28-38(16-12-32(40)18-20-42(44)48-24-22-46)36-14-10-30-6-2-4-8-34(30)26-36/h1-20,25-28,45-46H,21-24H2. The van der Waals surface area contributed by atoms with Gasteiger partial charge in [-0.15, -0.1) is 0 Å². The van der Waals surface area contributed by atoms with Gasteiger partial charge in [0.2, 0.25) is 0 Å². The van der Waals surface area contributed by atoms with Gasteiger partial charge in [0, 0.05) is 11.1 Å². The molecule has 0 radical (unpaired) electrons. The lowest BCUT2D eigenvalue weighted by molar-refractivity contribution is 0.200. The van der Waals surface area contributed by atoms with Gasteiger partial charge in [-0.05, 0) is 102 Å². The van der Waals surface area contributed by atoms with Gasteiger partial charge < -0.3 is 19.7 Å². The van der Waals surface area contributed by atoms with Gasteiger partial charge in [0.05, 0.1) is 13.2 Å². The average Bonchev–Trinajstić information content (AvgIpc) is 3.15. The highest BCUT2D eigenvalue weighted by Crippen LogP contribution is 2.47. The first-order valence-corrected chi connectivity index (χ1v) is 16.3. The number of rotatable bonds is 9. The van der Waals surface area contributed by atoms with Crippen LogP contribution in [0.25, 0.3) is 76.5 Å². The van der Waals surface area contributed by atoms with Crippen LogP contribution in [0.5, 0.6) is 11.5 Å². The summed E-state index contributed by atoms with van der Waals surface area (Å²) in [4.78, 5) is 0. The Bertz CT molecular complexity index is 2270. The molecule has 234 valence electrons. The lowest BCUT2D eigenvalue weighted by Crippen LogP contribution is -2.05. The molecule has 0 atom stereocenters. The van der Waals surface area contributed by atoms with Crippen molar-refractivity contribution < 1.29 is 19.7 Å². The van der Waals surface area contributed by atoms with Gasteiger partial charge in [0.1, 0.15) is 24.7 Å². The molecule has 2 N–H and O–H groups in total. The molecule has 0 amide bonds. The number of hydrogen-bond donors (Lipinski definition) is 2. The number of hydrogen-bond acceptors (Lipinski definition) is 4. The normalized spacial score (nSPS) is 11.5. The molecule has 4 nitrogen and oxygen atoms in total. The largest absolute Gasteiger partial charge is 0.491 e. The Morgan fingerprint density at radius 1 is 0.354 bits per heavy atom. The van der Waals surface area contributed by atoms with E-state index in [9.17, 15) is 10.2 Å². The molecular weight excluding hydrogens is 592 g/mol. The highest BCUT2D eigenvalue weighted by atomic mass is 16.5. The van der Waals surface area contributed by atoms with Gasteiger partial charge in [-0.3, -0.25) is 0 Å². The van der Waals surface area contributed by atoms with Crippen LogP contribution in [-0.2, 0) is 0 Å². The van der Waals surface area contributed by atoms with Crippen LogP contribution in [0, 0.1) is 0 Å². The second kappa shape index (κ2) is 12.8. The van der Waals surface area contributed by atoms with E-state index >= 15 is 0 Å². The van der Waals surface area contributed by atoms with E-state index in [4.69, 9.17) is 9.47 Å². The van der Waals surface area contributed by atoms with Crippen LogP contribution >= 0.6 is 0 Å². The van der Waals surface area contributed by atoms with E-state index in [1.165, 1.54) is 21.5 Å². The predicted octanol–water partition coefficient (Wildman–Crippen LogP) is 10.0. The van der Waals surface area contributed by atoms with Crippen LogP contribution in [0.2, 0.25) is 0 Å². The molecule has 0 saturated heterocycles. The summed E-state index contributed by atoms with van der Waals surface area (Å²) in [6.45, 7) is 0.0971. The van der Waals surface area contributed by atoms with Gasteiger partial charge in [-0.1, -0.05) is 109 Å². The fraction of sp³-hybridized carbons (Fsp3) is 0.0909. The summed E-state index contributed by atoms with van der Waals surface area (Å²) in [5.74, 6) is 1.31. The van der Waals surface area contributed by atoms with Crippen molar-refractivity contribution in [2.75, 3.05) is 26.4 Å². The second-order valence-electron chi connectivity index (χ2n) is 12.0. The van der Waals surface area contributed by atoms with Gasteiger partial charge in [0.25, 0.3) is 0 Å². The topological polar surface area (TPSA) is 58.9 Å². The van der Waals surface area contributed by atoms with Crippen molar-refractivity contribution in [3.63, 3.8) is 0 Å².